The number of halogens is 3. The Balaban J connectivity index is 1.99. The minimum atomic E-state index is -4.56. The normalized spacial score (nSPS) is 18.3. The van der Waals surface area contributed by atoms with Crippen molar-refractivity contribution in [2.24, 2.45) is 0 Å². The van der Waals surface area contributed by atoms with Crippen molar-refractivity contribution in [3.8, 4) is 0 Å². The zero-order valence-electron chi connectivity index (χ0n) is 10.2. The van der Waals surface area contributed by atoms with E-state index in [2.05, 4.69) is 20.6 Å². The largest absolute Gasteiger partial charge is 0.453 e. The third kappa shape index (κ3) is 2.11. The summed E-state index contributed by atoms with van der Waals surface area (Å²) in [5.74, 6) is -0.704. The molecule has 102 valence electrons. The molecule has 8 heteroatoms. The first-order chi connectivity index (χ1) is 8.87. The zero-order valence-corrected chi connectivity index (χ0v) is 10.2. The second-order valence-electron chi connectivity index (χ2n) is 5.05. The fraction of sp³-hybridized carbons (Fsp3) is 0.545. The highest BCUT2D eigenvalue weighted by atomic mass is 19.4. The Kier molecular flexibility index (Phi) is 2.45. The van der Waals surface area contributed by atoms with Gasteiger partial charge in [0.05, 0.1) is 0 Å². The van der Waals surface area contributed by atoms with E-state index in [-0.39, 0.29) is 11.2 Å². The minimum absolute atomic E-state index is 0.0763. The summed E-state index contributed by atoms with van der Waals surface area (Å²) in [7, 11) is 0. The summed E-state index contributed by atoms with van der Waals surface area (Å²) in [5.41, 5.74) is 0.00391. The van der Waals surface area contributed by atoms with Crippen LogP contribution in [0.25, 0.3) is 5.65 Å². The molecule has 2 aromatic heterocycles. The van der Waals surface area contributed by atoms with Gasteiger partial charge in [0.2, 0.25) is 0 Å². The van der Waals surface area contributed by atoms with E-state index in [1.165, 1.54) is 6.07 Å². The molecule has 0 aliphatic heterocycles. The van der Waals surface area contributed by atoms with Gasteiger partial charge < -0.3 is 5.32 Å². The SMILES string of the molecule is CC1(Nc2ccc3nnc(C(F)(F)F)n3n2)CCC1. The molecule has 0 radical (unpaired) electrons. The van der Waals surface area contributed by atoms with Gasteiger partial charge in [-0.05, 0) is 38.3 Å². The number of rotatable bonds is 2. The number of aromatic nitrogens is 4. The maximum Gasteiger partial charge on any atom is 0.453 e. The second kappa shape index (κ2) is 3.82. The quantitative estimate of drug-likeness (QED) is 0.911. The summed E-state index contributed by atoms with van der Waals surface area (Å²) in [6.07, 6.45) is -1.47. The van der Waals surface area contributed by atoms with Crippen LogP contribution in [0, 0.1) is 0 Å². The number of alkyl halides is 3. The van der Waals surface area contributed by atoms with E-state index in [1.54, 1.807) is 6.07 Å². The van der Waals surface area contributed by atoms with Gasteiger partial charge in [-0.2, -0.15) is 17.7 Å². The minimum Gasteiger partial charge on any atom is -0.363 e. The number of fused-ring (bicyclic) bond motifs is 1. The summed E-state index contributed by atoms with van der Waals surface area (Å²) >= 11 is 0. The average molecular weight is 271 g/mol. The maximum atomic E-state index is 12.7. The van der Waals surface area contributed by atoms with Gasteiger partial charge in [0.15, 0.2) is 5.65 Å². The number of hydrogen-bond donors (Lipinski definition) is 1. The molecule has 0 atom stereocenters. The Bertz CT molecular complexity index is 614. The molecule has 1 N–H and O–H groups in total. The average Bonchev–Trinajstić information content (AvgIpc) is 2.69. The van der Waals surface area contributed by atoms with Gasteiger partial charge in [0.1, 0.15) is 5.82 Å². The van der Waals surface area contributed by atoms with E-state index < -0.39 is 12.0 Å². The molecular formula is C11H12F3N5. The van der Waals surface area contributed by atoms with Crippen molar-refractivity contribution >= 4 is 11.5 Å². The molecule has 2 aromatic rings. The van der Waals surface area contributed by atoms with E-state index in [0.29, 0.717) is 5.82 Å². The van der Waals surface area contributed by atoms with Crippen molar-refractivity contribution < 1.29 is 13.2 Å². The van der Waals surface area contributed by atoms with Gasteiger partial charge in [0, 0.05) is 5.54 Å². The Morgan fingerprint density at radius 2 is 2.00 bits per heavy atom. The van der Waals surface area contributed by atoms with Gasteiger partial charge >= 0.3 is 6.18 Å². The highest BCUT2D eigenvalue weighted by molar-refractivity contribution is 5.45. The van der Waals surface area contributed by atoms with Crippen LogP contribution >= 0.6 is 0 Å². The smallest absolute Gasteiger partial charge is 0.363 e. The van der Waals surface area contributed by atoms with E-state index in [1.807, 2.05) is 6.92 Å². The molecule has 5 nitrogen and oxygen atoms in total. The third-order valence-corrected chi connectivity index (χ3v) is 3.40. The predicted octanol–water partition coefficient (Wildman–Crippen LogP) is 2.50. The van der Waals surface area contributed by atoms with Crippen LogP contribution in [0.5, 0.6) is 0 Å². The lowest BCUT2D eigenvalue weighted by atomic mass is 9.78. The van der Waals surface area contributed by atoms with Crippen molar-refractivity contribution in [2.75, 3.05) is 5.32 Å². The lowest BCUT2D eigenvalue weighted by Gasteiger charge is -2.39. The fourth-order valence-electron chi connectivity index (χ4n) is 2.17. The molecule has 1 saturated carbocycles. The Labute approximate surface area is 106 Å². The summed E-state index contributed by atoms with van der Waals surface area (Å²) in [6, 6.07) is 3.09. The summed E-state index contributed by atoms with van der Waals surface area (Å²) in [5, 5.41) is 13.7. The number of nitrogens with zero attached hydrogens (tertiary/aromatic N) is 4. The monoisotopic (exact) mass is 271 g/mol. The molecule has 0 amide bonds. The lowest BCUT2D eigenvalue weighted by Crippen LogP contribution is -2.42. The molecular weight excluding hydrogens is 259 g/mol. The molecule has 19 heavy (non-hydrogen) atoms. The summed E-state index contributed by atoms with van der Waals surface area (Å²) in [4.78, 5) is 0. The summed E-state index contributed by atoms with van der Waals surface area (Å²) < 4.78 is 38.9. The van der Waals surface area contributed by atoms with Crippen LogP contribution in [0.15, 0.2) is 12.1 Å². The molecule has 0 spiro atoms. The van der Waals surface area contributed by atoms with Crippen molar-refractivity contribution in [3.05, 3.63) is 18.0 Å². The van der Waals surface area contributed by atoms with Crippen LogP contribution in [0.1, 0.15) is 32.0 Å². The Morgan fingerprint density at radius 1 is 1.26 bits per heavy atom. The van der Waals surface area contributed by atoms with Gasteiger partial charge in [0.25, 0.3) is 5.82 Å². The van der Waals surface area contributed by atoms with Crippen LogP contribution < -0.4 is 5.32 Å². The fourth-order valence-corrected chi connectivity index (χ4v) is 2.17. The van der Waals surface area contributed by atoms with Gasteiger partial charge in [-0.15, -0.1) is 15.3 Å². The molecule has 2 heterocycles. The van der Waals surface area contributed by atoms with Gasteiger partial charge in [-0.3, -0.25) is 0 Å². The van der Waals surface area contributed by atoms with E-state index in [0.717, 1.165) is 23.8 Å². The van der Waals surface area contributed by atoms with Crippen molar-refractivity contribution in [2.45, 2.75) is 37.9 Å². The standard InChI is InChI=1S/C11H12F3N5/c1-10(5-2-6-10)15-7-3-4-8-16-17-9(11(12,13)14)19(8)18-7/h3-4H,2,5-6H2,1H3,(H,15,18). The molecule has 0 saturated heterocycles. The number of anilines is 1. The molecule has 0 unspecified atom stereocenters. The van der Waals surface area contributed by atoms with Gasteiger partial charge in [-0.25, -0.2) is 0 Å². The zero-order chi connectivity index (χ0) is 13.7. The third-order valence-electron chi connectivity index (χ3n) is 3.40. The lowest BCUT2D eigenvalue weighted by molar-refractivity contribution is -0.146. The first kappa shape index (κ1) is 12.2. The molecule has 0 bridgehead atoms. The van der Waals surface area contributed by atoms with Crippen LogP contribution in [0.3, 0.4) is 0 Å². The van der Waals surface area contributed by atoms with Crippen molar-refractivity contribution in [3.63, 3.8) is 0 Å². The number of hydrogen-bond acceptors (Lipinski definition) is 4. The van der Waals surface area contributed by atoms with Crippen LogP contribution in [0.4, 0.5) is 19.0 Å². The molecule has 0 aromatic carbocycles. The first-order valence-corrected chi connectivity index (χ1v) is 5.95. The Hall–Kier alpha value is -1.86. The van der Waals surface area contributed by atoms with E-state index in [9.17, 15) is 13.2 Å². The first-order valence-electron chi connectivity index (χ1n) is 5.95. The number of nitrogens with one attached hydrogen (secondary N) is 1. The Morgan fingerprint density at radius 3 is 2.58 bits per heavy atom. The molecule has 1 fully saturated rings. The van der Waals surface area contributed by atoms with Crippen molar-refractivity contribution in [1.29, 1.82) is 0 Å². The second-order valence-corrected chi connectivity index (χ2v) is 5.05. The molecule has 1 aliphatic carbocycles. The predicted molar refractivity (Wildman–Crippen MR) is 61.7 cm³/mol. The maximum absolute atomic E-state index is 12.7. The topological polar surface area (TPSA) is 55.1 Å². The molecule has 3 rings (SSSR count). The van der Waals surface area contributed by atoms with Crippen LogP contribution in [-0.4, -0.2) is 25.4 Å². The van der Waals surface area contributed by atoms with E-state index >= 15 is 0 Å². The van der Waals surface area contributed by atoms with Crippen molar-refractivity contribution in [1.82, 2.24) is 19.8 Å². The van der Waals surface area contributed by atoms with E-state index in [4.69, 9.17) is 0 Å². The van der Waals surface area contributed by atoms with Gasteiger partial charge in [-0.1, -0.05) is 0 Å². The highest BCUT2D eigenvalue weighted by Gasteiger charge is 2.38. The summed E-state index contributed by atoms with van der Waals surface area (Å²) in [6.45, 7) is 2.03. The highest BCUT2D eigenvalue weighted by Crippen LogP contribution is 2.34. The molecule has 1 aliphatic rings. The van der Waals surface area contributed by atoms with Crippen LogP contribution in [0.2, 0.25) is 0 Å². The van der Waals surface area contributed by atoms with Crippen LogP contribution in [-0.2, 0) is 6.18 Å².